The van der Waals surface area contributed by atoms with Crippen LogP contribution in [0.5, 0.6) is 0 Å². The molecule has 2 aromatic carbocycles. The van der Waals surface area contributed by atoms with Gasteiger partial charge in [0.2, 0.25) is 0 Å². The molecule has 1 unspecified atom stereocenters. The number of fused-ring (bicyclic) bond motifs is 1. The van der Waals surface area contributed by atoms with Crippen LogP contribution >= 0.6 is 0 Å². The Balaban J connectivity index is 1.81. The van der Waals surface area contributed by atoms with E-state index in [-0.39, 0.29) is 5.56 Å². The topological polar surface area (TPSA) is 0 Å². The van der Waals surface area contributed by atoms with Crippen molar-refractivity contribution in [1.82, 2.24) is 0 Å². The Bertz CT molecular complexity index is 765. The minimum absolute atomic E-state index is 0.103. The molecule has 118 valence electrons. The van der Waals surface area contributed by atoms with E-state index in [0.29, 0.717) is 0 Å². The number of hydrogen-bond acceptors (Lipinski definition) is 0. The van der Waals surface area contributed by atoms with Gasteiger partial charge in [-0.15, -0.1) is 0 Å². The van der Waals surface area contributed by atoms with Crippen molar-refractivity contribution in [2.75, 3.05) is 0 Å². The van der Waals surface area contributed by atoms with Gasteiger partial charge >= 0.3 is 0 Å². The van der Waals surface area contributed by atoms with Crippen molar-refractivity contribution in [3.63, 3.8) is 0 Å². The summed E-state index contributed by atoms with van der Waals surface area (Å²) < 4.78 is 26.8. The molecule has 0 N–H and O–H groups in total. The molecule has 0 aliphatic heterocycles. The lowest BCUT2D eigenvalue weighted by Gasteiger charge is -2.24. The van der Waals surface area contributed by atoms with Gasteiger partial charge in [0, 0.05) is 5.56 Å². The summed E-state index contributed by atoms with van der Waals surface area (Å²) in [6.07, 6.45) is 6.00. The molecule has 0 saturated heterocycles. The van der Waals surface area contributed by atoms with Crippen LogP contribution in [0.15, 0.2) is 36.4 Å². The molecule has 2 aromatic rings. The number of rotatable bonds is 2. The Morgan fingerprint density at radius 2 is 1.96 bits per heavy atom. The van der Waals surface area contributed by atoms with Crippen molar-refractivity contribution >= 4 is 0 Å². The molecular weight excluding hydrogens is 290 g/mol. The molecule has 2 heteroatoms. The van der Waals surface area contributed by atoms with Gasteiger partial charge in [0.1, 0.15) is 0 Å². The average molecular weight is 310 g/mol. The third-order valence-corrected chi connectivity index (χ3v) is 4.53. The molecule has 0 radical (unpaired) electrons. The molecule has 1 aliphatic carbocycles. The number of benzene rings is 2. The van der Waals surface area contributed by atoms with Crippen LogP contribution in [0.4, 0.5) is 8.78 Å². The summed E-state index contributed by atoms with van der Waals surface area (Å²) in [7, 11) is 0. The average Bonchev–Trinajstić information content (AvgIpc) is 2.56. The second kappa shape index (κ2) is 6.96. The fraction of sp³-hybridized carbons (Fsp3) is 0.333. The van der Waals surface area contributed by atoms with Crippen LogP contribution in [0.1, 0.15) is 48.4 Å². The maximum absolute atomic E-state index is 13.6. The molecule has 0 nitrogen and oxygen atoms in total. The van der Waals surface area contributed by atoms with Crippen molar-refractivity contribution < 1.29 is 8.78 Å². The lowest BCUT2D eigenvalue weighted by molar-refractivity contribution is 0.423. The highest BCUT2D eigenvalue weighted by atomic mass is 19.2. The zero-order valence-electron chi connectivity index (χ0n) is 13.3. The number of aryl methyl sites for hydroxylation is 1. The van der Waals surface area contributed by atoms with Crippen LogP contribution in [0.25, 0.3) is 0 Å². The first-order valence-corrected chi connectivity index (χ1v) is 8.25. The normalized spacial score (nSPS) is 16.4. The Hall–Kier alpha value is -2.14. The Kier molecular flexibility index (Phi) is 4.76. The Morgan fingerprint density at radius 3 is 2.78 bits per heavy atom. The van der Waals surface area contributed by atoms with E-state index >= 15 is 0 Å². The summed E-state index contributed by atoms with van der Waals surface area (Å²) in [6, 6.07) is 10.3. The smallest absolute Gasteiger partial charge is 0.174 e. The summed E-state index contributed by atoms with van der Waals surface area (Å²) in [6.45, 7) is 2.24. The van der Waals surface area contributed by atoms with E-state index in [9.17, 15) is 8.78 Å². The molecule has 0 spiro atoms. The van der Waals surface area contributed by atoms with Crippen molar-refractivity contribution in [3.05, 3.63) is 70.3 Å². The minimum Gasteiger partial charge on any atom is -0.204 e. The molecule has 0 saturated carbocycles. The van der Waals surface area contributed by atoms with E-state index < -0.39 is 11.6 Å². The fourth-order valence-electron chi connectivity index (χ4n) is 3.30. The third kappa shape index (κ3) is 3.62. The molecule has 1 atom stereocenters. The van der Waals surface area contributed by atoms with Gasteiger partial charge in [-0.1, -0.05) is 43.7 Å². The Labute approximate surface area is 136 Å². The highest BCUT2D eigenvalue weighted by Gasteiger charge is 2.17. The van der Waals surface area contributed by atoms with E-state index in [1.807, 2.05) is 6.07 Å². The summed E-state index contributed by atoms with van der Waals surface area (Å²) in [4.78, 5) is 0. The second-order valence-electron chi connectivity index (χ2n) is 6.23. The van der Waals surface area contributed by atoms with Crippen molar-refractivity contribution in [1.29, 1.82) is 0 Å². The van der Waals surface area contributed by atoms with Crippen molar-refractivity contribution in [2.24, 2.45) is 5.92 Å². The van der Waals surface area contributed by atoms with Gasteiger partial charge in [-0.3, -0.25) is 0 Å². The van der Waals surface area contributed by atoms with E-state index in [0.717, 1.165) is 30.4 Å². The first-order chi connectivity index (χ1) is 11.2. The van der Waals surface area contributed by atoms with Crippen LogP contribution in [-0.4, -0.2) is 0 Å². The van der Waals surface area contributed by atoms with Crippen molar-refractivity contribution in [2.45, 2.75) is 39.0 Å². The summed E-state index contributed by atoms with van der Waals surface area (Å²) in [5.41, 5.74) is 3.73. The molecule has 0 bridgehead atoms. The van der Waals surface area contributed by atoms with Crippen LogP contribution in [-0.2, 0) is 12.8 Å². The predicted molar refractivity (Wildman–Crippen MR) is 89.2 cm³/mol. The molecule has 1 aliphatic rings. The minimum atomic E-state index is -0.875. The molecule has 3 rings (SSSR count). The van der Waals surface area contributed by atoms with Crippen LogP contribution in [0.2, 0.25) is 0 Å². The zero-order valence-corrected chi connectivity index (χ0v) is 13.3. The first-order valence-electron chi connectivity index (χ1n) is 8.25. The van der Waals surface area contributed by atoms with Crippen molar-refractivity contribution in [3.8, 4) is 11.8 Å². The first kappa shape index (κ1) is 15.7. The zero-order chi connectivity index (χ0) is 16.2. The van der Waals surface area contributed by atoms with E-state index in [4.69, 9.17) is 0 Å². The third-order valence-electron chi connectivity index (χ3n) is 4.53. The van der Waals surface area contributed by atoms with Gasteiger partial charge in [0.15, 0.2) is 11.6 Å². The molecule has 0 fully saturated rings. The highest BCUT2D eigenvalue weighted by Crippen LogP contribution is 2.28. The highest BCUT2D eigenvalue weighted by molar-refractivity contribution is 5.46. The van der Waals surface area contributed by atoms with Gasteiger partial charge in [0.05, 0.1) is 5.56 Å². The summed E-state index contributed by atoms with van der Waals surface area (Å²) >= 11 is 0. The molecule has 0 aromatic heterocycles. The van der Waals surface area contributed by atoms with Crippen LogP contribution < -0.4 is 0 Å². The molecular formula is C21H20F2. The maximum atomic E-state index is 13.6. The van der Waals surface area contributed by atoms with Gasteiger partial charge in [-0.05, 0) is 60.6 Å². The standard InChI is InChI=1S/C21H20F2/c1-2-4-15-8-11-19-14-16(9-12-18(19)13-15)7-10-17-5-3-6-20(22)21(17)23/h3,5-6,9,12,14-15H,2,4,8,11,13H2,1H3. The monoisotopic (exact) mass is 310 g/mol. The van der Waals surface area contributed by atoms with E-state index in [1.165, 1.54) is 42.5 Å². The summed E-state index contributed by atoms with van der Waals surface area (Å²) in [5.74, 6) is 4.76. The fourth-order valence-corrected chi connectivity index (χ4v) is 3.30. The van der Waals surface area contributed by atoms with Gasteiger partial charge in [-0.2, -0.15) is 0 Å². The largest absolute Gasteiger partial charge is 0.204 e. The molecule has 0 heterocycles. The quantitative estimate of drug-likeness (QED) is 0.663. The SMILES string of the molecule is CCCC1CCc2cc(C#Cc3cccc(F)c3F)ccc2C1. The maximum Gasteiger partial charge on any atom is 0.174 e. The van der Waals surface area contributed by atoms with E-state index in [2.05, 4.69) is 30.9 Å². The molecule has 23 heavy (non-hydrogen) atoms. The van der Waals surface area contributed by atoms with Gasteiger partial charge in [-0.25, -0.2) is 8.78 Å². The number of halogens is 2. The van der Waals surface area contributed by atoms with Crippen LogP contribution in [0, 0.1) is 29.4 Å². The predicted octanol–water partition coefficient (Wildman–Crippen LogP) is 5.27. The summed E-state index contributed by atoms with van der Waals surface area (Å²) in [5, 5.41) is 0. The van der Waals surface area contributed by atoms with Gasteiger partial charge < -0.3 is 0 Å². The Morgan fingerprint density at radius 1 is 1.09 bits per heavy atom. The second-order valence-corrected chi connectivity index (χ2v) is 6.23. The number of hydrogen-bond donors (Lipinski definition) is 0. The lowest BCUT2D eigenvalue weighted by Crippen LogP contribution is -2.14. The van der Waals surface area contributed by atoms with Gasteiger partial charge in [0.25, 0.3) is 0 Å². The lowest BCUT2D eigenvalue weighted by atomic mass is 9.81. The van der Waals surface area contributed by atoms with E-state index in [1.54, 1.807) is 0 Å². The van der Waals surface area contributed by atoms with Crippen LogP contribution in [0.3, 0.4) is 0 Å². The molecule has 0 amide bonds.